The summed E-state index contributed by atoms with van der Waals surface area (Å²) in [5.41, 5.74) is 1.69. The van der Waals surface area contributed by atoms with Crippen molar-refractivity contribution in [2.24, 2.45) is 0 Å². The molecular formula is C29H32FN3O5S. The Balaban J connectivity index is 1.68. The van der Waals surface area contributed by atoms with E-state index < -0.39 is 21.8 Å². The lowest BCUT2D eigenvalue weighted by Crippen LogP contribution is -2.33. The molecule has 4 rings (SSSR count). The maximum Gasteiger partial charge on any atom is 0.339 e. The van der Waals surface area contributed by atoms with Gasteiger partial charge >= 0.3 is 10.1 Å². The molecule has 0 radical (unpaired) electrons. The zero-order valence-electron chi connectivity index (χ0n) is 22.2. The molecule has 0 aliphatic heterocycles. The Morgan fingerprint density at radius 2 is 1.67 bits per heavy atom. The molecule has 8 nitrogen and oxygen atoms in total. The second-order valence-electron chi connectivity index (χ2n) is 9.35. The summed E-state index contributed by atoms with van der Waals surface area (Å²) >= 11 is 0. The first-order valence-electron chi connectivity index (χ1n) is 12.9. The van der Waals surface area contributed by atoms with Gasteiger partial charge in [0.1, 0.15) is 16.5 Å². The molecule has 1 fully saturated rings. The number of carbonyl (C=O) groups is 2. The van der Waals surface area contributed by atoms with Gasteiger partial charge in [-0.3, -0.25) is 9.59 Å². The summed E-state index contributed by atoms with van der Waals surface area (Å²) < 4.78 is 46.7. The number of benzene rings is 3. The number of nitrogens with zero attached hydrogens (tertiary/aromatic N) is 2. The van der Waals surface area contributed by atoms with Crippen LogP contribution in [0, 0.1) is 5.82 Å². The molecule has 1 aliphatic rings. The van der Waals surface area contributed by atoms with Gasteiger partial charge in [0, 0.05) is 55.6 Å². The third-order valence-electron chi connectivity index (χ3n) is 6.54. The third kappa shape index (κ3) is 6.75. The number of carbonyl (C=O) groups excluding carboxylic acids is 2. The van der Waals surface area contributed by atoms with Crippen LogP contribution in [-0.4, -0.2) is 44.3 Å². The summed E-state index contributed by atoms with van der Waals surface area (Å²) in [5, 5.41) is 2.60. The highest BCUT2D eigenvalue weighted by molar-refractivity contribution is 7.87. The predicted molar refractivity (Wildman–Crippen MR) is 148 cm³/mol. The Labute approximate surface area is 228 Å². The van der Waals surface area contributed by atoms with Crippen molar-refractivity contribution in [3.8, 4) is 5.75 Å². The van der Waals surface area contributed by atoms with E-state index in [-0.39, 0.29) is 34.7 Å². The average Bonchev–Trinajstić information content (AvgIpc) is 3.74. The van der Waals surface area contributed by atoms with Gasteiger partial charge in [-0.1, -0.05) is 18.2 Å². The average molecular weight is 554 g/mol. The van der Waals surface area contributed by atoms with Crippen molar-refractivity contribution < 1.29 is 26.6 Å². The lowest BCUT2D eigenvalue weighted by molar-refractivity contribution is -0.114. The number of hydrogen-bond acceptors (Lipinski definition) is 6. The maximum atomic E-state index is 14.5. The van der Waals surface area contributed by atoms with Crippen molar-refractivity contribution >= 4 is 33.3 Å². The van der Waals surface area contributed by atoms with Gasteiger partial charge in [-0.25, -0.2) is 4.39 Å². The Morgan fingerprint density at radius 3 is 2.26 bits per heavy atom. The Morgan fingerprint density at radius 1 is 1.00 bits per heavy atom. The summed E-state index contributed by atoms with van der Waals surface area (Å²) in [6.07, 6.45) is 1.57. The molecule has 0 aromatic heterocycles. The van der Waals surface area contributed by atoms with Gasteiger partial charge in [-0.15, -0.1) is 0 Å². The lowest BCUT2D eigenvalue weighted by atomic mass is 10.1. The standard InChI is InChI=1S/C29H32FN3O5S/c1-4-32(5-2)24-13-10-21(19-33(23-14-15-23)29(35)26-8-6-7-9-27(26)30)28(18-24)38-39(36,37)25-16-11-22(12-17-25)31-20(3)34/h6-13,16-18,23H,4-5,14-15,19H2,1-3H3,(H,31,34). The molecule has 0 atom stereocenters. The first kappa shape index (κ1) is 28.1. The van der Waals surface area contributed by atoms with Gasteiger partial charge in [0.15, 0.2) is 0 Å². The van der Waals surface area contributed by atoms with Crippen molar-refractivity contribution in [3.63, 3.8) is 0 Å². The smallest absolute Gasteiger partial charge is 0.339 e. The van der Waals surface area contributed by atoms with Gasteiger partial charge in [-0.2, -0.15) is 8.42 Å². The number of hydrogen-bond donors (Lipinski definition) is 1. The number of nitrogens with one attached hydrogen (secondary N) is 1. The summed E-state index contributed by atoms with van der Waals surface area (Å²) in [6, 6.07) is 16.7. The molecule has 10 heteroatoms. The van der Waals surface area contributed by atoms with E-state index >= 15 is 0 Å². The van der Waals surface area contributed by atoms with Crippen LogP contribution in [-0.2, 0) is 21.5 Å². The number of amides is 2. The molecule has 0 heterocycles. The molecule has 0 unspecified atom stereocenters. The molecule has 206 valence electrons. The fraction of sp³-hybridized carbons (Fsp3) is 0.310. The minimum Gasteiger partial charge on any atom is -0.379 e. The molecule has 1 N–H and O–H groups in total. The van der Waals surface area contributed by atoms with Crippen molar-refractivity contribution in [1.29, 1.82) is 0 Å². The minimum absolute atomic E-state index is 0.0292. The van der Waals surface area contributed by atoms with Crippen LogP contribution in [0.15, 0.2) is 71.6 Å². The molecule has 2 amide bonds. The first-order chi connectivity index (χ1) is 18.6. The second kappa shape index (κ2) is 11.9. The van der Waals surface area contributed by atoms with E-state index in [1.54, 1.807) is 23.1 Å². The van der Waals surface area contributed by atoms with Crippen molar-refractivity contribution in [3.05, 3.63) is 83.7 Å². The number of halogens is 1. The first-order valence-corrected chi connectivity index (χ1v) is 14.3. The second-order valence-corrected chi connectivity index (χ2v) is 10.9. The fourth-order valence-corrected chi connectivity index (χ4v) is 5.29. The maximum absolute atomic E-state index is 14.5. The SMILES string of the molecule is CCN(CC)c1ccc(CN(C(=O)c2ccccc2F)C2CC2)c(OS(=O)(=O)c2ccc(NC(C)=O)cc2)c1. The van der Waals surface area contributed by atoms with Crippen LogP contribution in [0.2, 0.25) is 0 Å². The highest BCUT2D eigenvalue weighted by Gasteiger charge is 2.35. The highest BCUT2D eigenvalue weighted by Crippen LogP contribution is 2.35. The van der Waals surface area contributed by atoms with Gasteiger partial charge < -0.3 is 19.3 Å². The van der Waals surface area contributed by atoms with Crippen LogP contribution < -0.4 is 14.4 Å². The van der Waals surface area contributed by atoms with E-state index in [0.717, 1.165) is 18.5 Å². The van der Waals surface area contributed by atoms with E-state index in [0.29, 0.717) is 24.3 Å². The van der Waals surface area contributed by atoms with Crippen LogP contribution in [0.3, 0.4) is 0 Å². The number of rotatable bonds is 11. The molecule has 39 heavy (non-hydrogen) atoms. The van der Waals surface area contributed by atoms with E-state index in [1.807, 2.05) is 19.9 Å². The third-order valence-corrected chi connectivity index (χ3v) is 7.78. The van der Waals surface area contributed by atoms with E-state index in [1.165, 1.54) is 49.4 Å². The molecular weight excluding hydrogens is 521 g/mol. The highest BCUT2D eigenvalue weighted by atomic mass is 32.2. The van der Waals surface area contributed by atoms with Gasteiger partial charge in [0.2, 0.25) is 5.91 Å². The van der Waals surface area contributed by atoms with Crippen molar-refractivity contribution in [2.75, 3.05) is 23.3 Å². The minimum atomic E-state index is -4.25. The zero-order valence-corrected chi connectivity index (χ0v) is 23.0. The van der Waals surface area contributed by atoms with E-state index in [9.17, 15) is 22.4 Å². The Kier molecular flexibility index (Phi) is 8.54. The fourth-order valence-electron chi connectivity index (χ4n) is 4.34. The molecule has 0 bridgehead atoms. The van der Waals surface area contributed by atoms with Crippen LogP contribution >= 0.6 is 0 Å². The molecule has 1 aliphatic carbocycles. The molecule has 0 saturated heterocycles. The molecule has 3 aromatic rings. The Bertz CT molecular complexity index is 1450. The largest absolute Gasteiger partial charge is 0.379 e. The van der Waals surface area contributed by atoms with E-state index in [2.05, 4.69) is 10.2 Å². The normalized spacial score (nSPS) is 13.0. The van der Waals surface area contributed by atoms with Gasteiger partial charge in [-0.05, 0) is 69.2 Å². The van der Waals surface area contributed by atoms with Crippen molar-refractivity contribution in [1.82, 2.24) is 4.90 Å². The van der Waals surface area contributed by atoms with Crippen molar-refractivity contribution in [2.45, 2.75) is 51.1 Å². The summed E-state index contributed by atoms with van der Waals surface area (Å²) in [4.78, 5) is 28.2. The van der Waals surface area contributed by atoms with Crippen LogP contribution in [0.5, 0.6) is 5.75 Å². The quantitative estimate of drug-likeness (QED) is 0.328. The summed E-state index contributed by atoms with van der Waals surface area (Å²) in [5.74, 6) is -1.24. The van der Waals surface area contributed by atoms with Gasteiger partial charge in [0.25, 0.3) is 5.91 Å². The molecule has 1 saturated carbocycles. The lowest BCUT2D eigenvalue weighted by Gasteiger charge is -2.26. The molecule has 0 spiro atoms. The summed E-state index contributed by atoms with van der Waals surface area (Å²) in [7, 11) is -4.25. The topological polar surface area (TPSA) is 96.0 Å². The number of anilines is 2. The van der Waals surface area contributed by atoms with Crippen LogP contribution in [0.1, 0.15) is 49.5 Å². The Hall–Kier alpha value is -3.92. The predicted octanol–water partition coefficient (Wildman–Crippen LogP) is 5.20. The van der Waals surface area contributed by atoms with Crippen LogP contribution in [0.25, 0.3) is 0 Å². The van der Waals surface area contributed by atoms with E-state index in [4.69, 9.17) is 4.18 Å². The molecule has 3 aromatic carbocycles. The van der Waals surface area contributed by atoms with Crippen LogP contribution in [0.4, 0.5) is 15.8 Å². The monoisotopic (exact) mass is 553 g/mol. The summed E-state index contributed by atoms with van der Waals surface area (Å²) in [6.45, 7) is 6.81. The van der Waals surface area contributed by atoms with Gasteiger partial charge in [0.05, 0.1) is 5.56 Å². The zero-order chi connectivity index (χ0) is 28.2.